The molecule has 0 aromatic rings. The van der Waals surface area contributed by atoms with Gasteiger partial charge in [0.15, 0.2) is 0 Å². The molecular weight excluding hydrogens is 486 g/mol. The van der Waals surface area contributed by atoms with Crippen LogP contribution >= 0.6 is 45.2 Å². The first-order chi connectivity index (χ1) is 10.2. The number of allylic oxidation sites excluding steroid dienone is 2. The van der Waals surface area contributed by atoms with E-state index in [0.29, 0.717) is 5.41 Å². The summed E-state index contributed by atoms with van der Waals surface area (Å²) in [5.74, 6) is 1.91. The molecule has 1 aliphatic heterocycles. The summed E-state index contributed by atoms with van der Waals surface area (Å²) in [5.41, 5.74) is 0.715. The third-order valence-electron chi connectivity index (χ3n) is 5.34. The molecule has 3 atom stereocenters. The number of alkyl halides is 2. The van der Waals surface area contributed by atoms with Gasteiger partial charge in [0.2, 0.25) is 0 Å². The van der Waals surface area contributed by atoms with Gasteiger partial charge >= 0.3 is 0 Å². The highest BCUT2D eigenvalue weighted by Gasteiger charge is 2.55. The monoisotopic (exact) mass is 518 g/mol. The predicted molar refractivity (Wildman–Crippen MR) is 112 cm³/mol. The molecule has 1 heterocycles. The number of nitrogens with zero attached hydrogens (tertiary/aromatic N) is 2. The average Bonchev–Trinajstić information content (AvgIpc) is 2.87. The molecule has 2 fully saturated rings. The van der Waals surface area contributed by atoms with Crippen molar-refractivity contribution in [3.63, 3.8) is 0 Å². The minimum atomic E-state index is 0.715. The van der Waals surface area contributed by atoms with E-state index in [9.17, 15) is 0 Å². The number of hydrogen-bond acceptors (Lipinski definition) is 2. The van der Waals surface area contributed by atoms with E-state index in [2.05, 4.69) is 81.2 Å². The summed E-state index contributed by atoms with van der Waals surface area (Å²) in [5, 5.41) is 0. The van der Waals surface area contributed by atoms with Crippen molar-refractivity contribution in [1.29, 1.82) is 0 Å². The molecule has 3 unspecified atom stereocenters. The fraction of sp³-hybridized carbons (Fsp3) is 0.882. The van der Waals surface area contributed by atoms with Crippen LogP contribution in [0.25, 0.3) is 0 Å². The van der Waals surface area contributed by atoms with Gasteiger partial charge in [-0.3, -0.25) is 0 Å². The zero-order chi connectivity index (χ0) is 15.9. The van der Waals surface area contributed by atoms with Gasteiger partial charge in [0.1, 0.15) is 0 Å². The van der Waals surface area contributed by atoms with Crippen molar-refractivity contribution in [3.8, 4) is 0 Å². The lowest BCUT2D eigenvalue weighted by atomic mass is 9.53. The molecule has 0 aromatic carbocycles. The van der Waals surface area contributed by atoms with Crippen LogP contribution in [-0.2, 0) is 0 Å². The van der Waals surface area contributed by atoms with Crippen molar-refractivity contribution in [2.24, 2.45) is 17.3 Å². The quantitative estimate of drug-likeness (QED) is 0.311. The van der Waals surface area contributed by atoms with E-state index in [-0.39, 0.29) is 0 Å². The van der Waals surface area contributed by atoms with Crippen LogP contribution in [0.1, 0.15) is 25.7 Å². The fourth-order valence-electron chi connectivity index (χ4n) is 4.27. The first-order valence-electron chi connectivity index (χ1n) is 8.00. The molecule has 0 amide bonds. The van der Waals surface area contributed by atoms with Crippen molar-refractivity contribution in [2.75, 3.05) is 50.1 Å². The highest BCUT2D eigenvalue weighted by molar-refractivity contribution is 14.1. The Kier molecular flexibility index (Phi) is 9.68. The Morgan fingerprint density at radius 1 is 1.24 bits per heavy atom. The second-order valence-corrected chi connectivity index (χ2v) is 6.63. The lowest BCUT2D eigenvalue weighted by Gasteiger charge is -2.51. The van der Waals surface area contributed by atoms with E-state index in [1.807, 2.05) is 9.86 Å². The summed E-state index contributed by atoms with van der Waals surface area (Å²) in [6.45, 7) is 5.30. The molecule has 0 radical (unpaired) electrons. The largest absolute Gasteiger partial charge is 0.309 e. The van der Waals surface area contributed by atoms with E-state index in [1.165, 1.54) is 51.9 Å². The van der Waals surface area contributed by atoms with Gasteiger partial charge in [0.25, 0.3) is 0 Å². The van der Waals surface area contributed by atoms with Crippen LogP contribution in [0, 0.1) is 17.3 Å². The number of halogens is 2. The first-order valence-corrected chi connectivity index (χ1v) is 12.3. The first kappa shape index (κ1) is 20.2. The summed E-state index contributed by atoms with van der Waals surface area (Å²) in [6, 6.07) is 0. The Balaban J connectivity index is 0.000000510. The lowest BCUT2D eigenvalue weighted by molar-refractivity contribution is 0.0239. The standard InChI is InChI=1S/C15H26N2.2CH3I/c1-16(2)9-4-10-17-11-14-6-3-5-13-7-8-15(13,14)12-17;2*1-2/h3,5,13-14H,4,6-12H2,1-2H3;2*1H3. The maximum atomic E-state index is 2.74. The molecule has 0 bridgehead atoms. The number of rotatable bonds is 4. The van der Waals surface area contributed by atoms with Gasteiger partial charge in [-0.15, -0.1) is 0 Å². The minimum absolute atomic E-state index is 0.715. The van der Waals surface area contributed by atoms with Crippen LogP contribution in [0.15, 0.2) is 12.2 Å². The van der Waals surface area contributed by atoms with Crippen LogP contribution in [0.5, 0.6) is 0 Å². The normalized spacial score (nSPS) is 33.1. The van der Waals surface area contributed by atoms with Crippen molar-refractivity contribution < 1.29 is 0 Å². The molecule has 4 heteroatoms. The molecule has 21 heavy (non-hydrogen) atoms. The third-order valence-corrected chi connectivity index (χ3v) is 5.34. The van der Waals surface area contributed by atoms with Gasteiger partial charge < -0.3 is 9.80 Å². The van der Waals surface area contributed by atoms with Crippen LogP contribution in [0.4, 0.5) is 0 Å². The Bertz CT molecular complexity index is 320. The molecule has 2 aliphatic carbocycles. The molecule has 1 spiro atoms. The molecule has 3 rings (SSSR count). The van der Waals surface area contributed by atoms with Crippen LogP contribution in [-0.4, -0.2) is 59.9 Å². The highest BCUT2D eigenvalue weighted by Crippen LogP contribution is 2.59. The molecule has 2 nitrogen and oxygen atoms in total. The topological polar surface area (TPSA) is 6.48 Å². The van der Waals surface area contributed by atoms with Crippen LogP contribution in [0.2, 0.25) is 0 Å². The third kappa shape index (κ3) is 4.80. The van der Waals surface area contributed by atoms with Gasteiger partial charge in [0, 0.05) is 13.1 Å². The van der Waals surface area contributed by atoms with Crippen molar-refractivity contribution in [3.05, 3.63) is 12.2 Å². The van der Waals surface area contributed by atoms with Crippen molar-refractivity contribution in [2.45, 2.75) is 25.7 Å². The van der Waals surface area contributed by atoms with Crippen LogP contribution < -0.4 is 0 Å². The summed E-state index contributed by atoms with van der Waals surface area (Å²) < 4.78 is 0. The Hall–Kier alpha value is 1.12. The van der Waals surface area contributed by atoms with Crippen molar-refractivity contribution in [1.82, 2.24) is 9.80 Å². The summed E-state index contributed by atoms with van der Waals surface area (Å²) in [7, 11) is 4.35. The fourth-order valence-corrected chi connectivity index (χ4v) is 4.27. The zero-order valence-electron chi connectivity index (χ0n) is 14.1. The summed E-state index contributed by atoms with van der Waals surface area (Å²) in [6.07, 6.45) is 10.6. The van der Waals surface area contributed by atoms with E-state index < -0.39 is 0 Å². The zero-order valence-corrected chi connectivity index (χ0v) is 18.4. The Morgan fingerprint density at radius 3 is 2.48 bits per heavy atom. The van der Waals surface area contributed by atoms with Gasteiger partial charge in [0.05, 0.1) is 0 Å². The van der Waals surface area contributed by atoms with E-state index in [1.54, 1.807) is 0 Å². The maximum absolute atomic E-state index is 2.74. The van der Waals surface area contributed by atoms with E-state index in [0.717, 1.165) is 11.8 Å². The summed E-state index contributed by atoms with van der Waals surface area (Å²) >= 11 is 4.30. The van der Waals surface area contributed by atoms with Gasteiger partial charge in [-0.2, -0.15) is 0 Å². The predicted octanol–water partition coefficient (Wildman–Crippen LogP) is 4.33. The van der Waals surface area contributed by atoms with Crippen LogP contribution in [0.3, 0.4) is 0 Å². The molecule has 1 saturated carbocycles. The Morgan fingerprint density at radius 2 is 1.95 bits per heavy atom. The van der Waals surface area contributed by atoms with Crippen molar-refractivity contribution >= 4 is 45.2 Å². The van der Waals surface area contributed by atoms with Gasteiger partial charge in [-0.05, 0) is 80.0 Å². The lowest BCUT2D eigenvalue weighted by Crippen LogP contribution is -2.47. The minimum Gasteiger partial charge on any atom is -0.309 e. The smallest absolute Gasteiger partial charge is 0.00470 e. The molecule has 3 aliphatic rings. The SMILES string of the molecule is CI.CI.CN(C)CCCN1CC2CC=CC3CCC32C1. The Labute approximate surface area is 159 Å². The maximum Gasteiger partial charge on any atom is 0.00470 e. The van der Waals surface area contributed by atoms with E-state index in [4.69, 9.17) is 0 Å². The second kappa shape index (κ2) is 10.1. The molecule has 0 aromatic heterocycles. The number of hydrogen-bond donors (Lipinski definition) is 0. The number of likely N-dealkylation sites (tertiary alicyclic amines) is 1. The second-order valence-electron chi connectivity index (χ2n) is 6.63. The molecule has 1 saturated heterocycles. The van der Waals surface area contributed by atoms with Gasteiger partial charge in [-0.1, -0.05) is 57.3 Å². The summed E-state index contributed by atoms with van der Waals surface area (Å²) in [4.78, 5) is 8.98. The van der Waals surface area contributed by atoms with Gasteiger partial charge in [-0.25, -0.2) is 0 Å². The molecular formula is C17H32I2N2. The average molecular weight is 518 g/mol. The molecule has 124 valence electrons. The van der Waals surface area contributed by atoms with E-state index >= 15 is 0 Å². The highest BCUT2D eigenvalue weighted by atomic mass is 127. The molecule has 0 N–H and O–H groups in total.